The monoisotopic (exact) mass is 326 g/mol. The lowest BCUT2D eigenvalue weighted by Crippen LogP contribution is -2.32. The van der Waals surface area contributed by atoms with Crippen LogP contribution in [0.5, 0.6) is 5.75 Å². The van der Waals surface area contributed by atoms with E-state index in [4.69, 9.17) is 4.74 Å². The number of carboxylic acids is 1. The molecule has 1 aliphatic heterocycles. The van der Waals surface area contributed by atoms with Gasteiger partial charge in [0.2, 0.25) is 0 Å². The fraction of sp³-hybridized carbons (Fsp3) is 0.533. The molecule has 1 heterocycles. The molecule has 0 spiro atoms. The second kappa shape index (κ2) is 5.53. The number of halogens is 1. The number of ether oxygens (including phenoxy) is 1. The van der Waals surface area contributed by atoms with Gasteiger partial charge in [-0.2, -0.15) is 0 Å². The molecule has 1 N–H and O–H groups in total. The van der Waals surface area contributed by atoms with Crippen LogP contribution in [-0.2, 0) is 17.6 Å². The van der Waals surface area contributed by atoms with Crippen molar-refractivity contribution in [3.8, 4) is 5.75 Å². The first-order valence-corrected chi connectivity index (χ1v) is 7.49. The van der Waals surface area contributed by atoms with E-state index >= 15 is 0 Å². The van der Waals surface area contributed by atoms with Crippen LogP contribution in [-0.4, -0.2) is 17.7 Å². The first-order valence-electron chi connectivity index (χ1n) is 6.70. The summed E-state index contributed by atoms with van der Waals surface area (Å²) in [5, 5.41) is 9.55. The van der Waals surface area contributed by atoms with Crippen LogP contribution in [0, 0.1) is 5.41 Å². The van der Waals surface area contributed by atoms with E-state index in [9.17, 15) is 9.90 Å². The number of hydrogen-bond acceptors (Lipinski definition) is 2. The van der Waals surface area contributed by atoms with Crippen molar-refractivity contribution in [3.05, 3.63) is 27.7 Å². The molecule has 0 radical (unpaired) electrons. The number of benzene rings is 1. The van der Waals surface area contributed by atoms with Crippen molar-refractivity contribution in [2.75, 3.05) is 6.61 Å². The number of carbonyl (C=O) groups is 1. The molecule has 0 fully saturated rings. The number of carboxylic acid groups (broad SMARTS) is 1. The van der Waals surface area contributed by atoms with Gasteiger partial charge in [0.25, 0.3) is 0 Å². The summed E-state index contributed by atoms with van der Waals surface area (Å²) in [6, 6.07) is 4.05. The summed E-state index contributed by atoms with van der Waals surface area (Å²) in [6.07, 6.45) is 2.68. The van der Waals surface area contributed by atoms with Crippen LogP contribution in [0.3, 0.4) is 0 Å². The molecule has 19 heavy (non-hydrogen) atoms. The summed E-state index contributed by atoms with van der Waals surface area (Å²) in [5.41, 5.74) is 1.49. The fourth-order valence-corrected chi connectivity index (χ4v) is 3.27. The molecular weight excluding hydrogens is 308 g/mol. The van der Waals surface area contributed by atoms with Gasteiger partial charge in [0, 0.05) is 10.9 Å². The molecular formula is C15H19BrO3. The second-order valence-electron chi connectivity index (χ2n) is 5.12. The molecule has 3 nitrogen and oxygen atoms in total. The highest BCUT2D eigenvalue weighted by molar-refractivity contribution is 9.10. The molecule has 1 aromatic carbocycles. The number of rotatable bonds is 5. The third kappa shape index (κ3) is 2.64. The van der Waals surface area contributed by atoms with Gasteiger partial charge in [0.05, 0.1) is 12.0 Å². The van der Waals surface area contributed by atoms with E-state index in [0.29, 0.717) is 25.9 Å². The topological polar surface area (TPSA) is 46.5 Å². The predicted molar refractivity (Wildman–Crippen MR) is 77.7 cm³/mol. The lowest BCUT2D eigenvalue weighted by Gasteiger charge is -2.27. The van der Waals surface area contributed by atoms with Crippen LogP contribution in [0.2, 0.25) is 0 Å². The Hall–Kier alpha value is -1.03. The Kier molecular flexibility index (Phi) is 4.19. The maximum atomic E-state index is 11.6. The molecule has 2 rings (SSSR count). The van der Waals surface area contributed by atoms with Crippen LogP contribution in [0.25, 0.3) is 0 Å². The molecule has 0 saturated heterocycles. The third-order valence-electron chi connectivity index (χ3n) is 4.16. The van der Waals surface area contributed by atoms with Gasteiger partial charge in [-0.25, -0.2) is 0 Å². The molecule has 4 heteroatoms. The Morgan fingerprint density at radius 2 is 2.11 bits per heavy atom. The van der Waals surface area contributed by atoms with E-state index in [1.165, 1.54) is 5.56 Å². The molecule has 104 valence electrons. The Morgan fingerprint density at radius 3 is 2.68 bits per heavy atom. The molecule has 0 aromatic heterocycles. The zero-order valence-electron chi connectivity index (χ0n) is 11.3. The van der Waals surface area contributed by atoms with E-state index < -0.39 is 11.4 Å². The van der Waals surface area contributed by atoms with Crippen molar-refractivity contribution in [1.29, 1.82) is 0 Å². The Bertz CT molecular complexity index is 492. The molecule has 0 unspecified atom stereocenters. The first-order chi connectivity index (χ1) is 9.02. The maximum absolute atomic E-state index is 11.6. The van der Waals surface area contributed by atoms with Gasteiger partial charge in [-0.05, 0) is 42.5 Å². The van der Waals surface area contributed by atoms with Gasteiger partial charge in [-0.1, -0.05) is 29.8 Å². The minimum Gasteiger partial charge on any atom is -0.493 e. The number of fused-ring (bicyclic) bond motifs is 1. The Morgan fingerprint density at radius 1 is 1.42 bits per heavy atom. The van der Waals surface area contributed by atoms with Crippen LogP contribution in [0.15, 0.2) is 16.6 Å². The standard InChI is InChI=1S/C15H19BrO3/c1-3-15(4-2,14(17)18)9-11-8-12(16)7-10-5-6-19-13(10)11/h7-8H,3-6,9H2,1-2H3,(H,17,18). The summed E-state index contributed by atoms with van der Waals surface area (Å²) >= 11 is 3.50. The van der Waals surface area contributed by atoms with Crippen molar-refractivity contribution in [2.24, 2.45) is 5.41 Å². The van der Waals surface area contributed by atoms with E-state index in [0.717, 1.165) is 22.2 Å². The molecule has 0 amide bonds. The van der Waals surface area contributed by atoms with Gasteiger partial charge in [0.1, 0.15) is 5.75 Å². The van der Waals surface area contributed by atoms with Crippen molar-refractivity contribution in [2.45, 2.75) is 39.5 Å². The summed E-state index contributed by atoms with van der Waals surface area (Å²) < 4.78 is 6.68. The molecule has 0 aliphatic carbocycles. The molecule has 0 saturated carbocycles. The quantitative estimate of drug-likeness (QED) is 0.894. The highest BCUT2D eigenvalue weighted by Gasteiger charge is 2.36. The van der Waals surface area contributed by atoms with Crippen molar-refractivity contribution >= 4 is 21.9 Å². The first kappa shape index (κ1) is 14.4. The maximum Gasteiger partial charge on any atom is 0.309 e. The second-order valence-corrected chi connectivity index (χ2v) is 6.04. The largest absolute Gasteiger partial charge is 0.493 e. The van der Waals surface area contributed by atoms with Gasteiger partial charge in [-0.15, -0.1) is 0 Å². The summed E-state index contributed by atoms with van der Waals surface area (Å²) in [6.45, 7) is 4.57. The summed E-state index contributed by atoms with van der Waals surface area (Å²) in [4.78, 5) is 11.6. The minimum absolute atomic E-state index is 0.525. The van der Waals surface area contributed by atoms with Crippen LogP contribution in [0.4, 0.5) is 0 Å². The van der Waals surface area contributed by atoms with Gasteiger partial charge in [-0.3, -0.25) is 4.79 Å². The van der Waals surface area contributed by atoms with Crippen molar-refractivity contribution in [3.63, 3.8) is 0 Å². The molecule has 0 bridgehead atoms. The van der Waals surface area contributed by atoms with Gasteiger partial charge in [0.15, 0.2) is 0 Å². The normalized spacial score (nSPS) is 14.1. The number of hydrogen-bond donors (Lipinski definition) is 1. The zero-order valence-corrected chi connectivity index (χ0v) is 12.9. The third-order valence-corrected chi connectivity index (χ3v) is 4.62. The average molecular weight is 327 g/mol. The fourth-order valence-electron chi connectivity index (χ4n) is 2.72. The average Bonchev–Trinajstić information content (AvgIpc) is 2.83. The van der Waals surface area contributed by atoms with E-state index in [1.807, 2.05) is 19.9 Å². The number of aliphatic carboxylic acids is 1. The zero-order chi connectivity index (χ0) is 14.0. The van der Waals surface area contributed by atoms with E-state index in [2.05, 4.69) is 22.0 Å². The van der Waals surface area contributed by atoms with Crippen LogP contribution in [0.1, 0.15) is 37.8 Å². The molecule has 0 atom stereocenters. The SMILES string of the molecule is CCC(CC)(Cc1cc(Br)cc2c1OCC2)C(=O)O. The minimum atomic E-state index is -0.718. The van der Waals surface area contributed by atoms with Gasteiger partial charge < -0.3 is 9.84 Å². The predicted octanol–water partition coefficient (Wildman–Crippen LogP) is 3.82. The summed E-state index contributed by atoms with van der Waals surface area (Å²) in [5.74, 6) is 0.181. The van der Waals surface area contributed by atoms with Crippen LogP contribution >= 0.6 is 15.9 Å². The Balaban J connectivity index is 2.40. The highest BCUT2D eigenvalue weighted by atomic mass is 79.9. The van der Waals surface area contributed by atoms with Crippen LogP contribution < -0.4 is 4.74 Å². The smallest absolute Gasteiger partial charge is 0.309 e. The lowest BCUT2D eigenvalue weighted by molar-refractivity contribution is -0.149. The van der Waals surface area contributed by atoms with Crippen molar-refractivity contribution < 1.29 is 14.6 Å². The Labute approximate surface area is 122 Å². The molecule has 1 aliphatic rings. The molecule has 1 aromatic rings. The van der Waals surface area contributed by atoms with E-state index in [1.54, 1.807) is 0 Å². The van der Waals surface area contributed by atoms with Gasteiger partial charge >= 0.3 is 5.97 Å². The van der Waals surface area contributed by atoms with Crippen molar-refractivity contribution in [1.82, 2.24) is 0 Å². The highest BCUT2D eigenvalue weighted by Crippen LogP contribution is 2.39. The van der Waals surface area contributed by atoms with E-state index in [-0.39, 0.29) is 0 Å². The lowest BCUT2D eigenvalue weighted by atomic mass is 9.76. The summed E-state index contributed by atoms with van der Waals surface area (Å²) in [7, 11) is 0.